The number of rotatable bonds is 9. The van der Waals surface area contributed by atoms with Crippen LogP contribution in [0.3, 0.4) is 0 Å². The van der Waals surface area contributed by atoms with E-state index in [1.165, 1.54) is 18.6 Å². The molecule has 0 radical (unpaired) electrons. The number of halogens is 4. The summed E-state index contributed by atoms with van der Waals surface area (Å²) in [4.78, 5) is 20.6. The molecule has 0 unspecified atom stereocenters. The minimum Gasteiger partial charge on any atom is -0.336 e. The molecule has 1 amide bonds. The fourth-order valence-corrected chi connectivity index (χ4v) is 4.18. The number of nitrogens with one attached hydrogen (secondary N) is 2. The molecule has 3 rings (SSSR count). The Hall–Kier alpha value is -2.91. The van der Waals surface area contributed by atoms with E-state index in [1.807, 2.05) is 6.07 Å². The van der Waals surface area contributed by atoms with Gasteiger partial charge in [-0.1, -0.05) is 12.1 Å². The molecule has 1 heterocycles. The van der Waals surface area contributed by atoms with Crippen LogP contribution in [0.5, 0.6) is 0 Å². The summed E-state index contributed by atoms with van der Waals surface area (Å²) in [6, 6.07) is 1.77. The Kier molecular flexibility index (Phi) is 7.20. The lowest BCUT2D eigenvalue weighted by molar-refractivity contribution is -0.160. The van der Waals surface area contributed by atoms with Crippen molar-refractivity contribution in [2.24, 2.45) is 0 Å². The van der Waals surface area contributed by atoms with Crippen LogP contribution in [0.4, 0.5) is 17.6 Å². The zero-order valence-electron chi connectivity index (χ0n) is 16.6. The van der Waals surface area contributed by atoms with Gasteiger partial charge >= 0.3 is 6.18 Å². The lowest BCUT2D eigenvalue weighted by Crippen LogP contribution is -2.54. The number of benzene rings is 1. The SMILES string of the molecule is N#CC1(NC(=O)[C@H](C[S@](=O)Cc2cnccn2)N[C@@H](c2ccc(F)cc2)C(F)(F)F)CC1. The van der Waals surface area contributed by atoms with Gasteiger partial charge in [0.2, 0.25) is 5.91 Å². The van der Waals surface area contributed by atoms with E-state index in [1.54, 1.807) is 0 Å². The molecule has 0 spiro atoms. The van der Waals surface area contributed by atoms with E-state index in [4.69, 9.17) is 0 Å². The molecular formula is C20H19F4N5O2S. The zero-order chi connectivity index (χ0) is 23.4. The van der Waals surface area contributed by atoms with Crippen LogP contribution in [0.1, 0.15) is 30.1 Å². The molecule has 1 aliphatic rings. The summed E-state index contributed by atoms with van der Waals surface area (Å²) in [6.07, 6.45) is 0.100. The smallest absolute Gasteiger partial charge is 0.336 e. The molecule has 2 N–H and O–H groups in total. The van der Waals surface area contributed by atoms with Crippen molar-refractivity contribution in [3.05, 3.63) is 59.9 Å². The zero-order valence-corrected chi connectivity index (χ0v) is 17.4. The number of nitriles is 1. The Bertz CT molecular complexity index is 1010. The largest absolute Gasteiger partial charge is 0.407 e. The van der Waals surface area contributed by atoms with Gasteiger partial charge in [-0.05, 0) is 30.5 Å². The second kappa shape index (κ2) is 9.70. The molecule has 2 aromatic rings. The Labute approximate surface area is 183 Å². The molecule has 170 valence electrons. The summed E-state index contributed by atoms with van der Waals surface area (Å²) in [7, 11) is -1.77. The first-order valence-electron chi connectivity index (χ1n) is 9.53. The van der Waals surface area contributed by atoms with Gasteiger partial charge < -0.3 is 5.32 Å². The third kappa shape index (κ3) is 6.30. The minimum atomic E-state index is -4.82. The third-order valence-electron chi connectivity index (χ3n) is 4.82. The first-order chi connectivity index (χ1) is 15.1. The Balaban J connectivity index is 1.82. The number of alkyl halides is 3. The standard InChI is InChI=1S/C20H19F4N5O2S/c21-14-3-1-13(2-4-14)17(20(22,23)24)28-16(18(30)29-19(12-25)5-6-19)11-32(31)10-15-9-26-7-8-27-15/h1-4,7-9,16-17,28H,5-6,10-11H2,(H,29,30)/t16-,17-,32+/m0/s1. The Morgan fingerprint density at radius 3 is 2.47 bits per heavy atom. The second-order valence-electron chi connectivity index (χ2n) is 7.38. The topological polar surface area (TPSA) is 108 Å². The number of carbonyl (C=O) groups is 1. The highest BCUT2D eigenvalue weighted by Crippen LogP contribution is 2.35. The highest BCUT2D eigenvalue weighted by Gasteiger charge is 2.47. The highest BCUT2D eigenvalue weighted by atomic mass is 32.2. The number of hydrogen-bond donors (Lipinski definition) is 2. The maximum absolute atomic E-state index is 13.8. The van der Waals surface area contributed by atoms with Crippen molar-refractivity contribution in [2.45, 2.75) is 42.4 Å². The first-order valence-corrected chi connectivity index (χ1v) is 11.0. The quantitative estimate of drug-likeness (QED) is 0.546. The molecule has 12 heteroatoms. The number of hydrogen-bond acceptors (Lipinski definition) is 6. The lowest BCUT2D eigenvalue weighted by atomic mass is 10.0. The molecule has 1 aromatic carbocycles. The van der Waals surface area contributed by atoms with Gasteiger partial charge in [-0.3, -0.25) is 24.3 Å². The van der Waals surface area contributed by atoms with E-state index in [0.717, 1.165) is 24.3 Å². The molecule has 1 aromatic heterocycles. The van der Waals surface area contributed by atoms with Crippen LogP contribution < -0.4 is 10.6 Å². The fraction of sp³-hybridized carbons (Fsp3) is 0.400. The average molecular weight is 469 g/mol. The van der Waals surface area contributed by atoms with Crippen molar-refractivity contribution < 1.29 is 26.6 Å². The number of carbonyl (C=O) groups excluding carboxylic acids is 1. The van der Waals surface area contributed by atoms with E-state index in [-0.39, 0.29) is 11.3 Å². The number of amides is 1. The van der Waals surface area contributed by atoms with Crippen molar-refractivity contribution in [3.63, 3.8) is 0 Å². The summed E-state index contributed by atoms with van der Waals surface area (Å²) in [6.45, 7) is 0. The van der Waals surface area contributed by atoms with Gasteiger partial charge in [-0.25, -0.2) is 4.39 Å². The number of aromatic nitrogens is 2. The summed E-state index contributed by atoms with van der Waals surface area (Å²) in [5, 5.41) is 13.9. The van der Waals surface area contributed by atoms with Crippen LogP contribution in [-0.2, 0) is 21.3 Å². The molecule has 0 aliphatic heterocycles. The van der Waals surface area contributed by atoms with Crippen molar-refractivity contribution in [1.82, 2.24) is 20.6 Å². The van der Waals surface area contributed by atoms with Gasteiger partial charge in [-0.15, -0.1) is 0 Å². The van der Waals surface area contributed by atoms with E-state index < -0.39 is 52.1 Å². The van der Waals surface area contributed by atoms with Gasteiger partial charge in [0.1, 0.15) is 17.4 Å². The first kappa shape index (κ1) is 23.7. The Morgan fingerprint density at radius 1 is 1.25 bits per heavy atom. The monoisotopic (exact) mass is 469 g/mol. The molecule has 1 aliphatic carbocycles. The van der Waals surface area contributed by atoms with E-state index in [2.05, 4.69) is 20.6 Å². The molecule has 0 saturated heterocycles. The maximum Gasteiger partial charge on any atom is 0.407 e. The van der Waals surface area contributed by atoms with Crippen molar-refractivity contribution >= 4 is 16.7 Å². The Morgan fingerprint density at radius 2 is 1.94 bits per heavy atom. The average Bonchev–Trinajstić information content (AvgIpc) is 3.51. The normalized spacial score (nSPS) is 17.6. The fourth-order valence-electron chi connectivity index (χ4n) is 2.96. The van der Waals surface area contributed by atoms with E-state index >= 15 is 0 Å². The van der Waals surface area contributed by atoms with Crippen LogP contribution in [-0.4, -0.2) is 43.6 Å². The van der Waals surface area contributed by atoms with Crippen LogP contribution in [0.25, 0.3) is 0 Å². The van der Waals surface area contributed by atoms with Crippen molar-refractivity contribution in [1.29, 1.82) is 5.26 Å². The molecule has 3 atom stereocenters. The van der Waals surface area contributed by atoms with Gasteiger partial charge in [0, 0.05) is 35.1 Å². The van der Waals surface area contributed by atoms with E-state index in [9.17, 15) is 31.8 Å². The third-order valence-corrected chi connectivity index (χ3v) is 6.14. The number of nitrogens with zero attached hydrogens (tertiary/aromatic N) is 3. The van der Waals surface area contributed by atoms with Crippen molar-refractivity contribution in [2.75, 3.05) is 5.75 Å². The summed E-state index contributed by atoms with van der Waals surface area (Å²) in [5.41, 5.74) is -1.07. The summed E-state index contributed by atoms with van der Waals surface area (Å²) >= 11 is 0. The summed E-state index contributed by atoms with van der Waals surface area (Å²) < 4.78 is 67.2. The lowest BCUT2D eigenvalue weighted by Gasteiger charge is -2.28. The molecule has 32 heavy (non-hydrogen) atoms. The minimum absolute atomic E-state index is 0.115. The van der Waals surface area contributed by atoms with Crippen LogP contribution in [0.2, 0.25) is 0 Å². The predicted octanol–water partition coefficient (Wildman–Crippen LogP) is 2.30. The van der Waals surface area contributed by atoms with E-state index in [0.29, 0.717) is 18.5 Å². The van der Waals surface area contributed by atoms with Crippen LogP contribution in [0, 0.1) is 17.1 Å². The molecular weight excluding hydrogens is 450 g/mol. The van der Waals surface area contributed by atoms with Gasteiger partial charge in [0.15, 0.2) is 0 Å². The van der Waals surface area contributed by atoms with Gasteiger partial charge in [0.05, 0.1) is 23.6 Å². The van der Waals surface area contributed by atoms with Gasteiger partial charge in [-0.2, -0.15) is 18.4 Å². The highest BCUT2D eigenvalue weighted by molar-refractivity contribution is 7.84. The molecule has 1 saturated carbocycles. The van der Waals surface area contributed by atoms with Gasteiger partial charge in [0.25, 0.3) is 0 Å². The predicted molar refractivity (Wildman–Crippen MR) is 107 cm³/mol. The molecule has 0 bridgehead atoms. The maximum atomic E-state index is 13.8. The van der Waals surface area contributed by atoms with Crippen LogP contribution in [0.15, 0.2) is 42.9 Å². The molecule has 1 fully saturated rings. The van der Waals surface area contributed by atoms with Crippen LogP contribution >= 0.6 is 0 Å². The second-order valence-corrected chi connectivity index (χ2v) is 8.88. The summed E-state index contributed by atoms with van der Waals surface area (Å²) in [5.74, 6) is -2.15. The van der Waals surface area contributed by atoms with Crippen molar-refractivity contribution in [3.8, 4) is 6.07 Å². The molecule has 7 nitrogen and oxygen atoms in total.